The van der Waals surface area contributed by atoms with Gasteiger partial charge in [-0.3, -0.25) is 4.79 Å². The van der Waals surface area contributed by atoms with Crippen molar-refractivity contribution in [3.8, 4) is 5.75 Å². The summed E-state index contributed by atoms with van der Waals surface area (Å²) in [6.07, 6.45) is 0.344. The van der Waals surface area contributed by atoms with Gasteiger partial charge in [-0.05, 0) is 49.1 Å². The molecule has 0 fully saturated rings. The van der Waals surface area contributed by atoms with Crippen molar-refractivity contribution in [2.45, 2.75) is 26.3 Å². The molecule has 0 aliphatic carbocycles. The maximum atomic E-state index is 10.7. The summed E-state index contributed by atoms with van der Waals surface area (Å²) in [6, 6.07) is 2.92. The Morgan fingerprint density at radius 2 is 1.88 bits per heavy atom. The first kappa shape index (κ1) is 15.7. The predicted molar refractivity (Wildman–Crippen MR) is 69.0 cm³/mol. The zero-order valence-corrected chi connectivity index (χ0v) is 11.0. The Balaban J connectivity index is 0.00000256. The first-order chi connectivity index (χ1) is 7.45. The van der Waals surface area contributed by atoms with Crippen LogP contribution in [0.1, 0.15) is 16.7 Å². The van der Waals surface area contributed by atoms with Crippen molar-refractivity contribution >= 4 is 18.4 Å². The molecule has 0 amide bonds. The zero-order valence-electron chi connectivity index (χ0n) is 10.2. The van der Waals surface area contributed by atoms with Crippen LogP contribution in [-0.2, 0) is 11.2 Å². The van der Waals surface area contributed by atoms with E-state index >= 15 is 0 Å². The average Bonchev–Trinajstić information content (AvgIpc) is 2.22. The van der Waals surface area contributed by atoms with Gasteiger partial charge in [0.05, 0.1) is 7.11 Å². The minimum atomic E-state index is -0.977. The van der Waals surface area contributed by atoms with Gasteiger partial charge in [-0.2, -0.15) is 0 Å². The van der Waals surface area contributed by atoms with Crippen LogP contribution in [-0.4, -0.2) is 24.2 Å². The second-order valence-corrected chi connectivity index (χ2v) is 3.89. The standard InChI is InChI=1S/C12H17NO3.ClH/c1-7-4-9(16-3)5-8(2)10(7)6-11(13)12(14)15;/h4-5,11H,6,13H2,1-3H3,(H,14,15);1H/t11-;/m0./s1. The van der Waals surface area contributed by atoms with Crippen molar-refractivity contribution in [3.05, 3.63) is 28.8 Å². The molecule has 0 bridgehead atoms. The number of nitrogens with two attached hydrogens (primary N) is 1. The number of halogens is 1. The van der Waals surface area contributed by atoms with Gasteiger partial charge in [0.1, 0.15) is 11.8 Å². The summed E-state index contributed by atoms with van der Waals surface area (Å²) in [7, 11) is 1.61. The van der Waals surface area contributed by atoms with Gasteiger partial charge in [0.25, 0.3) is 0 Å². The molecule has 0 saturated heterocycles. The van der Waals surface area contributed by atoms with Gasteiger partial charge >= 0.3 is 5.97 Å². The number of carboxylic acid groups (broad SMARTS) is 1. The molecule has 96 valence electrons. The first-order valence-corrected chi connectivity index (χ1v) is 5.08. The number of carboxylic acids is 1. The fourth-order valence-corrected chi connectivity index (χ4v) is 1.70. The fourth-order valence-electron chi connectivity index (χ4n) is 1.70. The van der Waals surface area contributed by atoms with E-state index in [9.17, 15) is 4.79 Å². The van der Waals surface area contributed by atoms with Gasteiger partial charge in [-0.25, -0.2) is 0 Å². The number of ether oxygens (including phenoxy) is 1. The minimum Gasteiger partial charge on any atom is -0.497 e. The third-order valence-corrected chi connectivity index (χ3v) is 2.65. The van der Waals surface area contributed by atoms with Crippen LogP contribution < -0.4 is 10.5 Å². The molecule has 4 nitrogen and oxygen atoms in total. The zero-order chi connectivity index (χ0) is 12.3. The van der Waals surface area contributed by atoms with Crippen molar-refractivity contribution in [2.24, 2.45) is 5.73 Å². The lowest BCUT2D eigenvalue weighted by Crippen LogP contribution is -2.32. The Kier molecular flexibility index (Phi) is 5.99. The summed E-state index contributed by atoms with van der Waals surface area (Å²) in [5.74, 6) is -0.197. The van der Waals surface area contributed by atoms with Crippen molar-refractivity contribution in [1.82, 2.24) is 0 Å². The van der Waals surface area contributed by atoms with E-state index in [2.05, 4.69) is 0 Å². The molecule has 5 heteroatoms. The number of aryl methyl sites for hydroxylation is 2. The second-order valence-electron chi connectivity index (χ2n) is 3.89. The van der Waals surface area contributed by atoms with Gasteiger partial charge in [-0.1, -0.05) is 0 Å². The van der Waals surface area contributed by atoms with Gasteiger partial charge in [0.15, 0.2) is 0 Å². The molecule has 3 N–H and O–H groups in total. The van der Waals surface area contributed by atoms with Crippen molar-refractivity contribution in [1.29, 1.82) is 0 Å². The van der Waals surface area contributed by atoms with Crippen LogP contribution in [0.25, 0.3) is 0 Å². The van der Waals surface area contributed by atoms with Crippen molar-refractivity contribution < 1.29 is 14.6 Å². The van der Waals surface area contributed by atoms with E-state index in [1.165, 1.54) is 0 Å². The highest BCUT2D eigenvalue weighted by Crippen LogP contribution is 2.22. The lowest BCUT2D eigenvalue weighted by molar-refractivity contribution is -0.138. The first-order valence-electron chi connectivity index (χ1n) is 5.08. The van der Waals surface area contributed by atoms with E-state index < -0.39 is 12.0 Å². The van der Waals surface area contributed by atoms with Gasteiger partial charge in [-0.15, -0.1) is 12.4 Å². The van der Waals surface area contributed by atoms with Crippen molar-refractivity contribution in [3.63, 3.8) is 0 Å². The lowest BCUT2D eigenvalue weighted by Gasteiger charge is -2.14. The topological polar surface area (TPSA) is 72.5 Å². The summed E-state index contributed by atoms with van der Waals surface area (Å²) >= 11 is 0. The highest BCUT2D eigenvalue weighted by atomic mass is 35.5. The molecule has 0 heterocycles. The molecule has 1 rings (SSSR count). The lowest BCUT2D eigenvalue weighted by atomic mass is 9.96. The molecular weight excluding hydrogens is 242 g/mol. The SMILES string of the molecule is COc1cc(C)c(C[C@H](N)C(=O)O)c(C)c1.Cl. The number of hydrogen-bond donors (Lipinski definition) is 2. The molecule has 1 aromatic rings. The molecule has 1 aromatic carbocycles. The number of rotatable bonds is 4. The summed E-state index contributed by atoms with van der Waals surface area (Å²) < 4.78 is 5.14. The summed E-state index contributed by atoms with van der Waals surface area (Å²) in [5.41, 5.74) is 8.52. The normalized spacial score (nSPS) is 11.5. The van der Waals surface area contributed by atoms with E-state index in [1.54, 1.807) is 7.11 Å². The fraction of sp³-hybridized carbons (Fsp3) is 0.417. The van der Waals surface area contributed by atoms with Gasteiger partial charge in [0, 0.05) is 0 Å². The Morgan fingerprint density at radius 3 is 2.24 bits per heavy atom. The molecule has 1 atom stereocenters. The average molecular weight is 260 g/mol. The Hall–Kier alpha value is -1.26. The smallest absolute Gasteiger partial charge is 0.320 e. The van der Waals surface area contributed by atoms with Crippen molar-refractivity contribution in [2.75, 3.05) is 7.11 Å². The van der Waals surface area contributed by atoms with Crippen LogP contribution in [0.4, 0.5) is 0 Å². The molecule has 0 unspecified atom stereocenters. The molecular formula is C12H18ClNO3. The summed E-state index contributed by atoms with van der Waals surface area (Å²) in [4.78, 5) is 10.7. The highest BCUT2D eigenvalue weighted by Gasteiger charge is 2.15. The monoisotopic (exact) mass is 259 g/mol. The van der Waals surface area contributed by atoms with E-state index in [0.29, 0.717) is 6.42 Å². The van der Waals surface area contributed by atoms with Gasteiger partial charge in [0.2, 0.25) is 0 Å². The quantitative estimate of drug-likeness (QED) is 0.863. The van der Waals surface area contributed by atoms with Crippen LogP contribution in [0.5, 0.6) is 5.75 Å². The van der Waals surface area contributed by atoms with E-state index in [0.717, 1.165) is 22.4 Å². The minimum absolute atomic E-state index is 0. The van der Waals surface area contributed by atoms with E-state index in [4.69, 9.17) is 15.6 Å². The second kappa shape index (κ2) is 6.47. The van der Waals surface area contributed by atoms with Gasteiger partial charge < -0.3 is 15.6 Å². The summed E-state index contributed by atoms with van der Waals surface area (Å²) in [5, 5.41) is 8.78. The molecule has 0 saturated carbocycles. The van der Waals surface area contributed by atoms with Crippen LogP contribution in [0.2, 0.25) is 0 Å². The Morgan fingerprint density at radius 1 is 1.41 bits per heavy atom. The molecule has 0 spiro atoms. The maximum absolute atomic E-state index is 10.7. The molecule has 0 aromatic heterocycles. The Labute approximate surface area is 107 Å². The molecule has 0 radical (unpaired) electrons. The number of carbonyl (C=O) groups is 1. The van der Waals surface area contributed by atoms with E-state index in [1.807, 2.05) is 26.0 Å². The van der Waals surface area contributed by atoms with Crippen LogP contribution in [0.15, 0.2) is 12.1 Å². The third kappa shape index (κ3) is 3.91. The van der Waals surface area contributed by atoms with Crippen LogP contribution >= 0.6 is 12.4 Å². The number of methoxy groups -OCH3 is 1. The largest absolute Gasteiger partial charge is 0.497 e. The number of hydrogen-bond acceptors (Lipinski definition) is 3. The number of benzene rings is 1. The predicted octanol–water partition coefficient (Wildman–Crippen LogP) is 1.69. The number of aliphatic carboxylic acids is 1. The maximum Gasteiger partial charge on any atom is 0.320 e. The highest BCUT2D eigenvalue weighted by molar-refractivity contribution is 5.85. The molecule has 0 aliphatic heterocycles. The van der Waals surface area contributed by atoms with E-state index in [-0.39, 0.29) is 12.4 Å². The molecule has 0 aliphatic rings. The Bertz CT molecular complexity index is 384. The molecule has 17 heavy (non-hydrogen) atoms. The van der Waals surface area contributed by atoms with Crippen LogP contribution in [0.3, 0.4) is 0 Å². The van der Waals surface area contributed by atoms with Crippen LogP contribution in [0, 0.1) is 13.8 Å². The third-order valence-electron chi connectivity index (χ3n) is 2.65. The summed E-state index contributed by atoms with van der Waals surface area (Å²) in [6.45, 7) is 3.86.